The molecule has 0 radical (unpaired) electrons. The normalized spacial score (nSPS) is 14.5. The van der Waals surface area contributed by atoms with Crippen molar-refractivity contribution in [3.63, 3.8) is 0 Å². The van der Waals surface area contributed by atoms with Gasteiger partial charge in [-0.25, -0.2) is 13.6 Å². The largest absolute Gasteiger partial charge is 0.466 e. The molecule has 124 valence electrons. The molecule has 2 N–H and O–H groups in total. The summed E-state index contributed by atoms with van der Waals surface area (Å²) in [6.45, 7) is -0.302. The van der Waals surface area contributed by atoms with E-state index in [1.807, 2.05) is 0 Å². The van der Waals surface area contributed by atoms with Crippen molar-refractivity contribution in [2.24, 2.45) is 0 Å². The van der Waals surface area contributed by atoms with E-state index in [4.69, 9.17) is 5.11 Å². The molecule has 0 bridgehead atoms. The quantitative estimate of drug-likeness (QED) is 0.411. The van der Waals surface area contributed by atoms with Crippen molar-refractivity contribution in [1.82, 2.24) is 4.90 Å². The highest BCUT2D eigenvalue weighted by Crippen LogP contribution is 2.25. The van der Waals surface area contributed by atoms with Crippen LogP contribution < -0.4 is 5.32 Å². The second-order valence-corrected chi connectivity index (χ2v) is 5.75. The molecule has 1 heterocycles. The van der Waals surface area contributed by atoms with Crippen LogP contribution >= 0.6 is 22.6 Å². The molecule has 0 spiro atoms. The van der Waals surface area contributed by atoms with E-state index in [0.717, 1.165) is 19.2 Å². The van der Waals surface area contributed by atoms with E-state index in [1.165, 1.54) is 27.5 Å². The van der Waals surface area contributed by atoms with Crippen LogP contribution in [-0.4, -0.2) is 48.7 Å². The van der Waals surface area contributed by atoms with E-state index in [0.29, 0.717) is 0 Å². The molecule has 0 aromatic heterocycles. The van der Waals surface area contributed by atoms with Crippen LogP contribution in [0.2, 0.25) is 0 Å². The Morgan fingerprint density at radius 2 is 2.04 bits per heavy atom. The summed E-state index contributed by atoms with van der Waals surface area (Å²) in [7, 11) is 1.16. The van der Waals surface area contributed by atoms with Crippen LogP contribution in [0.15, 0.2) is 23.4 Å². The summed E-state index contributed by atoms with van der Waals surface area (Å²) in [5.41, 5.74) is -0.0911. The second-order valence-electron chi connectivity index (χ2n) is 4.67. The molecule has 0 saturated heterocycles. The van der Waals surface area contributed by atoms with Crippen LogP contribution in [0, 0.1) is 15.2 Å². The number of ether oxygens (including phenoxy) is 1. The Balaban J connectivity index is 2.37. The molecule has 0 fully saturated rings. The van der Waals surface area contributed by atoms with Gasteiger partial charge < -0.3 is 20.1 Å². The predicted molar refractivity (Wildman–Crippen MR) is 85.4 cm³/mol. The smallest absolute Gasteiger partial charge is 0.337 e. The number of β-amino-alcohol motifs (C(OH)–C–C–N with tert-alkyl or cyclic N) is 1. The molecule has 0 atom stereocenters. The lowest BCUT2D eigenvalue weighted by molar-refractivity contribution is -0.136. The average Bonchev–Trinajstić information content (AvgIpc) is 2.81. The maximum absolute atomic E-state index is 13.6. The van der Waals surface area contributed by atoms with Gasteiger partial charge in [0.05, 0.1) is 29.4 Å². The van der Waals surface area contributed by atoms with Gasteiger partial charge in [-0.05, 0) is 34.7 Å². The number of methoxy groups -OCH3 is 1. The Morgan fingerprint density at radius 3 is 2.57 bits per heavy atom. The highest BCUT2D eigenvalue weighted by Gasteiger charge is 2.34. The molecule has 0 saturated carbocycles. The van der Waals surface area contributed by atoms with Gasteiger partial charge in [-0.3, -0.25) is 4.79 Å². The molecule has 1 amide bonds. The third-order valence-corrected chi connectivity index (χ3v) is 4.24. The number of carbonyl (C=O) groups excluding carboxylic acids is 2. The number of nitrogens with zero attached hydrogens (tertiary/aromatic N) is 1. The number of nitrogens with one attached hydrogen (secondary N) is 1. The molecule has 2 rings (SSSR count). The minimum absolute atomic E-state index is 0.00369. The maximum Gasteiger partial charge on any atom is 0.337 e. The zero-order valence-electron chi connectivity index (χ0n) is 12.0. The van der Waals surface area contributed by atoms with Gasteiger partial charge in [0.1, 0.15) is 17.3 Å². The standard InChI is InChI=1S/C14H13F2IN2O4/c1-23-14(22)8-6-19(2-3-20)13(21)12(8)18-7-4-9(15)11(17)10(16)5-7/h4-5,18,20H,2-3,6H2,1H3. The Bertz CT molecular complexity index is 670. The Labute approximate surface area is 144 Å². The van der Waals surface area contributed by atoms with E-state index in [9.17, 15) is 18.4 Å². The first kappa shape index (κ1) is 17.6. The SMILES string of the molecule is COC(=O)C1=C(Nc2cc(F)c(I)c(F)c2)C(=O)N(CCO)C1. The van der Waals surface area contributed by atoms with Crippen molar-refractivity contribution in [2.45, 2.75) is 0 Å². The van der Waals surface area contributed by atoms with Crippen LogP contribution in [-0.2, 0) is 14.3 Å². The van der Waals surface area contributed by atoms with Gasteiger partial charge in [0.15, 0.2) is 0 Å². The van der Waals surface area contributed by atoms with Gasteiger partial charge in [0.25, 0.3) is 5.91 Å². The van der Waals surface area contributed by atoms with Crippen LogP contribution in [0.1, 0.15) is 0 Å². The molecule has 0 aliphatic carbocycles. The van der Waals surface area contributed by atoms with Gasteiger partial charge in [-0.1, -0.05) is 0 Å². The lowest BCUT2D eigenvalue weighted by atomic mass is 10.2. The predicted octanol–water partition coefficient (Wildman–Crippen LogP) is 1.24. The number of aliphatic hydroxyl groups is 1. The summed E-state index contributed by atoms with van der Waals surface area (Å²) < 4.78 is 31.7. The van der Waals surface area contributed by atoms with E-state index in [-0.39, 0.29) is 40.2 Å². The van der Waals surface area contributed by atoms with E-state index in [2.05, 4.69) is 10.1 Å². The lowest BCUT2D eigenvalue weighted by Crippen LogP contribution is -2.31. The van der Waals surface area contributed by atoms with Crippen LogP contribution in [0.3, 0.4) is 0 Å². The fraction of sp³-hybridized carbons (Fsp3) is 0.286. The van der Waals surface area contributed by atoms with Crippen LogP contribution in [0.5, 0.6) is 0 Å². The molecule has 1 aromatic rings. The molecule has 1 aromatic carbocycles. The van der Waals surface area contributed by atoms with Gasteiger partial charge in [-0.15, -0.1) is 0 Å². The zero-order chi connectivity index (χ0) is 17.1. The topological polar surface area (TPSA) is 78.9 Å². The third kappa shape index (κ3) is 3.61. The average molecular weight is 438 g/mol. The molecule has 1 aliphatic rings. The minimum atomic E-state index is -0.786. The number of carbonyl (C=O) groups is 2. The van der Waals surface area contributed by atoms with Crippen LogP contribution in [0.25, 0.3) is 0 Å². The summed E-state index contributed by atoms with van der Waals surface area (Å²) in [6, 6.07) is 2.05. The summed E-state index contributed by atoms with van der Waals surface area (Å²) in [4.78, 5) is 25.3. The fourth-order valence-corrected chi connectivity index (χ4v) is 2.43. The molecule has 6 nitrogen and oxygen atoms in total. The summed E-state index contributed by atoms with van der Waals surface area (Å²) >= 11 is 1.52. The molecule has 23 heavy (non-hydrogen) atoms. The summed E-state index contributed by atoms with van der Waals surface area (Å²) in [5, 5.41) is 11.5. The van der Waals surface area contributed by atoms with Gasteiger partial charge >= 0.3 is 5.97 Å². The number of benzene rings is 1. The van der Waals surface area contributed by atoms with Gasteiger partial charge in [-0.2, -0.15) is 0 Å². The van der Waals surface area contributed by atoms with E-state index in [1.54, 1.807) is 0 Å². The third-order valence-electron chi connectivity index (χ3n) is 3.21. The van der Waals surface area contributed by atoms with Crippen molar-refractivity contribution in [1.29, 1.82) is 0 Å². The Hall–Kier alpha value is -1.75. The Morgan fingerprint density at radius 1 is 1.43 bits per heavy atom. The minimum Gasteiger partial charge on any atom is -0.466 e. The van der Waals surface area contributed by atoms with Crippen LogP contribution in [0.4, 0.5) is 14.5 Å². The molecule has 1 aliphatic heterocycles. The monoisotopic (exact) mass is 438 g/mol. The summed E-state index contributed by atoms with van der Waals surface area (Å²) in [6.07, 6.45) is 0. The van der Waals surface area contributed by atoms with Gasteiger partial charge in [0.2, 0.25) is 0 Å². The lowest BCUT2D eigenvalue weighted by Gasteiger charge is -2.15. The maximum atomic E-state index is 13.6. The molecule has 9 heteroatoms. The first-order valence-corrected chi connectivity index (χ1v) is 7.60. The van der Waals surface area contributed by atoms with Crippen molar-refractivity contribution < 1.29 is 28.2 Å². The molecule has 0 unspecified atom stereocenters. The first-order chi connectivity index (χ1) is 10.9. The number of rotatable bonds is 5. The van der Waals surface area contributed by atoms with Crippen molar-refractivity contribution >= 4 is 40.2 Å². The zero-order valence-corrected chi connectivity index (χ0v) is 14.2. The Kier molecular flexibility index (Phi) is 5.52. The van der Waals surface area contributed by atoms with E-state index < -0.39 is 23.5 Å². The number of amides is 1. The van der Waals surface area contributed by atoms with Crippen molar-refractivity contribution in [2.75, 3.05) is 32.1 Å². The number of hydrogen-bond donors (Lipinski definition) is 2. The summed E-state index contributed by atoms with van der Waals surface area (Å²) in [5.74, 6) is -2.86. The van der Waals surface area contributed by atoms with E-state index >= 15 is 0 Å². The van der Waals surface area contributed by atoms with Crippen molar-refractivity contribution in [3.05, 3.63) is 38.6 Å². The number of esters is 1. The highest BCUT2D eigenvalue weighted by molar-refractivity contribution is 14.1. The number of hydrogen-bond acceptors (Lipinski definition) is 5. The molecular weight excluding hydrogens is 425 g/mol. The van der Waals surface area contributed by atoms with Gasteiger partial charge in [0, 0.05) is 12.2 Å². The number of aliphatic hydroxyl groups excluding tert-OH is 1. The number of halogens is 3. The number of anilines is 1. The van der Waals surface area contributed by atoms with Crippen molar-refractivity contribution in [3.8, 4) is 0 Å². The first-order valence-electron chi connectivity index (χ1n) is 6.52. The second kappa shape index (κ2) is 7.21. The highest BCUT2D eigenvalue weighted by atomic mass is 127. The molecular formula is C14H13F2IN2O4. The fourth-order valence-electron chi connectivity index (χ4n) is 2.12.